The van der Waals surface area contributed by atoms with E-state index in [0.29, 0.717) is 15.7 Å². The fourth-order valence-electron chi connectivity index (χ4n) is 1.80. The van der Waals surface area contributed by atoms with Gasteiger partial charge in [0.15, 0.2) is 0 Å². The molecule has 2 rings (SSSR count). The van der Waals surface area contributed by atoms with Crippen molar-refractivity contribution in [1.29, 1.82) is 0 Å². The molecule has 0 unspecified atom stereocenters. The molecule has 0 spiro atoms. The minimum absolute atomic E-state index is 0.0615. The summed E-state index contributed by atoms with van der Waals surface area (Å²) in [5.41, 5.74) is 0.576. The number of anilines is 1. The molecule has 0 aliphatic heterocycles. The summed E-state index contributed by atoms with van der Waals surface area (Å²) in [7, 11) is 0. The van der Waals surface area contributed by atoms with Gasteiger partial charge in [-0.2, -0.15) is 0 Å². The van der Waals surface area contributed by atoms with E-state index in [-0.39, 0.29) is 36.1 Å². The smallest absolute Gasteiger partial charge is 0.286 e. The molecule has 2 N–H and O–H groups in total. The molecule has 0 aliphatic carbocycles. The summed E-state index contributed by atoms with van der Waals surface area (Å²) in [4.78, 5) is 23.7. The maximum absolute atomic E-state index is 12.1. The van der Waals surface area contributed by atoms with Crippen LogP contribution in [0.25, 0.3) is 0 Å². The number of hydrogen-bond donors (Lipinski definition) is 2. The van der Waals surface area contributed by atoms with Gasteiger partial charge in [0.1, 0.15) is 18.2 Å². The minimum atomic E-state index is -0.375. The molecule has 134 valence electrons. The number of carbonyl (C=O) groups excluding carboxylic acids is 2. The molecule has 0 bridgehead atoms. The summed E-state index contributed by atoms with van der Waals surface area (Å²) in [5.74, 6) is -0.557. The highest BCUT2D eigenvalue weighted by atomic mass is 35.5. The highest BCUT2D eigenvalue weighted by Crippen LogP contribution is 2.17. The van der Waals surface area contributed by atoms with E-state index in [9.17, 15) is 9.59 Å². The van der Waals surface area contributed by atoms with E-state index < -0.39 is 0 Å². The Morgan fingerprint density at radius 1 is 1.36 bits per heavy atom. The van der Waals surface area contributed by atoms with Gasteiger partial charge >= 0.3 is 0 Å². The van der Waals surface area contributed by atoms with Crippen LogP contribution in [0.1, 0.15) is 35.1 Å². The van der Waals surface area contributed by atoms with E-state index in [1.807, 2.05) is 13.8 Å². The van der Waals surface area contributed by atoms with Crippen molar-refractivity contribution < 1.29 is 14.3 Å². The summed E-state index contributed by atoms with van der Waals surface area (Å²) in [6.45, 7) is 3.97. The minimum Gasteiger partial charge on any atom is -0.364 e. The molecule has 25 heavy (non-hydrogen) atoms. The summed E-state index contributed by atoms with van der Waals surface area (Å²) < 4.78 is 5.30. The van der Waals surface area contributed by atoms with Crippen molar-refractivity contribution in [3.63, 3.8) is 0 Å². The molecule has 0 fully saturated rings. The molecule has 1 aromatic carbocycles. The Kier molecular flexibility index (Phi) is 7.30. The molecular formula is C16H19ClN4O3S. The van der Waals surface area contributed by atoms with Crippen LogP contribution in [-0.4, -0.2) is 34.7 Å². The Balaban J connectivity index is 1.81. The van der Waals surface area contributed by atoms with Gasteiger partial charge in [-0.3, -0.25) is 9.59 Å². The largest absolute Gasteiger partial charge is 0.364 e. The zero-order valence-electron chi connectivity index (χ0n) is 13.9. The third-order valence-electron chi connectivity index (χ3n) is 3.22. The van der Waals surface area contributed by atoms with E-state index >= 15 is 0 Å². The van der Waals surface area contributed by atoms with E-state index in [4.69, 9.17) is 16.3 Å². The highest BCUT2D eigenvalue weighted by molar-refractivity contribution is 7.13. The number of nitrogens with one attached hydrogen (secondary N) is 2. The van der Waals surface area contributed by atoms with Crippen LogP contribution in [-0.2, 0) is 16.1 Å². The van der Waals surface area contributed by atoms with Crippen LogP contribution in [0.2, 0.25) is 5.02 Å². The van der Waals surface area contributed by atoms with Crippen molar-refractivity contribution in [3.8, 4) is 0 Å². The number of hydrogen-bond acceptors (Lipinski definition) is 6. The Bertz CT molecular complexity index is 738. The molecule has 2 aromatic rings. The summed E-state index contributed by atoms with van der Waals surface area (Å²) in [6, 6.07) is 6.93. The first-order chi connectivity index (χ1) is 12.0. The Morgan fingerprint density at radius 3 is 2.88 bits per heavy atom. The number of carbonyl (C=O) groups is 2. The Hall–Kier alpha value is -2.03. The normalized spacial score (nSPS) is 11.8. The van der Waals surface area contributed by atoms with Gasteiger partial charge in [-0.25, -0.2) is 0 Å². The third-order valence-corrected chi connectivity index (χ3v) is 4.35. The maximum atomic E-state index is 12.1. The van der Waals surface area contributed by atoms with Crippen LogP contribution in [0.3, 0.4) is 0 Å². The molecule has 7 nitrogen and oxygen atoms in total. The zero-order valence-corrected chi connectivity index (χ0v) is 15.5. The number of halogens is 1. The van der Waals surface area contributed by atoms with E-state index in [1.165, 1.54) is 0 Å². The lowest BCUT2D eigenvalue weighted by molar-refractivity contribution is -0.126. The van der Waals surface area contributed by atoms with Crippen LogP contribution >= 0.6 is 22.9 Å². The van der Waals surface area contributed by atoms with Crippen molar-refractivity contribution in [2.24, 2.45) is 0 Å². The molecule has 0 saturated carbocycles. The summed E-state index contributed by atoms with van der Waals surface area (Å²) in [5, 5.41) is 14.5. The van der Waals surface area contributed by atoms with E-state index in [1.54, 1.807) is 24.3 Å². The maximum Gasteiger partial charge on any atom is 0.286 e. The molecule has 1 heterocycles. The standard InChI is InChI=1S/C16H19ClN4O3S/c1-3-10(2)18-13(22)8-24-9-14-20-21-16(25-14)15(23)19-12-6-4-5-11(17)7-12/h4-7,10H,3,8-9H2,1-2H3,(H,18,22)(H,19,23)/t10-/m0/s1. The van der Waals surface area contributed by atoms with E-state index in [2.05, 4.69) is 20.8 Å². The predicted octanol–water partition coefficient (Wildman–Crippen LogP) is 2.88. The van der Waals surface area contributed by atoms with Gasteiger partial charge in [0.2, 0.25) is 10.9 Å². The first-order valence-electron chi connectivity index (χ1n) is 7.74. The number of amides is 2. The number of aromatic nitrogens is 2. The summed E-state index contributed by atoms with van der Waals surface area (Å²) in [6.07, 6.45) is 0.854. The monoisotopic (exact) mass is 382 g/mol. The lowest BCUT2D eigenvalue weighted by atomic mass is 10.2. The van der Waals surface area contributed by atoms with Crippen molar-refractivity contribution in [2.45, 2.75) is 32.9 Å². The van der Waals surface area contributed by atoms with Crippen molar-refractivity contribution in [2.75, 3.05) is 11.9 Å². The molecule has 1 atom stereocenters. The number of nitrogens with zero attached hydrogens (tertiary/aromatic N) is 2. The second-order valence-corrected chi connectivity index (χ2v) is 6.83. The molecule has 0 aliphatic rings. The van der Waals surface area contributed by atoms with Crippen LogP contribution in [0.4, 0.5) is 5.69 Å². The Morgan fingerprint density at radius 2 is 2.16 bits per heavy atom. The van der Waals surface area contributed by atoms with Crippen LogP contribution in [0.5, 0.6) is 0 Å². The van der Waals surface area contributed by atoms with Crippen molar-refractivity contribution >= 4 is 40.4 Å². The van der Waals surface area contributed by atoms with Gasteiger partial charge in [0.05, 0.1) is 0 Å². The van der Waals surface area contributed by atoms with Gasteiger partial charge in [-0.1, -0.05) is 35.9 Å². The van der Waals surface area contributed by atoms with Crippen LogP contribution in [0, 0.1) is 0 Å². The van der Waals surface area contributed by atoms with Crippen molar-refractivity contribution in [1.82, 2.24) is 15.5 Å². The molecule has 0 saturated heterocycles. The van der Waals surface area contributed by atoms with Gasteiger partial charge in [0, 0.05) is 16.8 Å². The van der Waals surface area contributed by atoms with Crippen molar-refractivity contribution in [3.05, 3.63) is 39.3 Å². The number of rotatable bonds is 8. The fraction of sp³-hybridized carbons (Fsp3) is 0.375. The summed E-state index contributed by atoms with van der Waals surface area (Å²) >= 11 is 6.99. The van der Waals surface area contributed by atoms with Gasteiger partial charge in [-0.15, -0.1) is 10.2 Å². The van der Waals surface area contributed by atoms with Crippen LogP contribution in [0.15, 0.2) is 24.3 Å². The first kappa shape index (κ1) is 19.3. The molecule has 9 heteroatoms. The average Bonchev–Trinajstić information content (AvgIpc) is 3.03. The molecule has 1 aromatic heterocycles. The molecule has 2 amide bonds. The van der Waals surface area contributed by atoms with Gasteiger partial charge in [-0.05, 0) is 31.5 Å². The highest BCUT2D eigenvalue weighted by Gasteiger charge is 2.14. The topological polar surface area (TPSA) is 93.2 Å². The Labute approximate surface area is 154 Å². The lowest BCUT2D eigenvalue weighted by Crippen LogP contribution is -2.34. The van der Waals surface area contributed by atoms with Gasteiger partial charge < -0.3 is 15.4 Å². The molecular weight excluding hydrogens is 364 g/mol. The third kappa shape index (κ3) is 6.41. The van der Waals surface area contributed by atoms with Crippen LogP contribution < -0.4 is 10.6 Å². The number of ether oxygens (including phenoxy) is 1. The lowest BCUT2D eigenvalue weighted by Gasteiger charge is -2.10. The second-order valence-electron chi connectivity index (χ2n) is 5.34. The number of benzene rings is 1. The van der Waals surface area contributed by atoms with E-state index in [0.717, 1.165) is 17.8 Å². The quantitative estimate of drug-likeness (QED) is 0.732. The zero-order chi connectivity index (χ0) is 18.2. The predicted molar refractivity (Wildman–Crippen MR) is 96.9 cm³/mol. The first-order valence-corrected chi connectivity index (χ1v) is 8.93. The SMILES string of the molecule is CC[C@H](C)NC(=O)COCc1nnc(C(=O)Nc2cccc(Cl)c2)s1. The fourth-order valence-corrected chi connectivity index (χ4v) is 2.67. The molecule has 0 radical (unpaired) electrons. The second kappa shape index (κ2) is 9.45. The van der Waals surface area contributed by atoms with Gasteiger partial charge in [0.25, 0.3) is 5.91 Å². The average molecular weight is 383 g/mol.